The Hall–Kier alpha value is -7.47. The fourth-order valence-electron chi connectivity index (χ4n) is 11.1. The zero-order valence-electron chi connectivity index (χ0n) is 54.1. The number of carbonyl (C=O) groups excluding carboxylic acids is 10. The second-order valence-electron chi connectivity index (χ2n) is 24.3. The minimum atomic E-state index is -1.93. The Kier molecular flexibility index (Phi) is 26.9. The van der Waals surface area contributed by atoms with Crippen LogP contribution in [0.15, 0.2) is 54.1 Å². The van der Waals surface area contributed by atoms with Crippen LogP contribution in [0.4, 0.5) is 19.7 Å². The molecule has 0 radical (unpaired) electrons. The van der Waals surface area contributed by atoms with E-state index in [-0.39, 0.29) is 102 Å². The number of Topliss-reactive ketones (excluding diaryl/α,β-unsaturated/α-hetero) is 1. The Labute approximate surface area is 550 Å². The molecule has 4 bridgehead atoms. The standard InChI is InChI=1S/C64H86ClFN8O18S/c1-35(2)43(32-51(93)68-22-24-88-26-25-87-23-20-55(79)92-74-52(76)18-19-53(74)77)58(80)70-45(14-12-21-69-61(67)83)47(75)31-40-16-17-42(44(66)29-40)59(81)72(8)39(6)60(82)90-50-33-54(78)73(9)46-30-41(28-37(4)56(46)65)27-36(3)13-11-15-49(86-10)64(85)34-48(89-62(84)71-64)38(5)57-63(50,7)91-57/h11,13,15-17,28-30,35,38-39,43,45,48-50,57,85H,12,14,18-27,31-34H2,1-10H3,(H,68,93)(H,70,80)(H,71,84)(H3,67,69,83)/b15-11+,36-13+/t38-,39+,43+,45+,48+,49-,50+,57+,63+,64+/m1/s1. The van der Waals surface area contributed by atoms with E-state index < -0.39 is 137 Å². The molecule has 10 atom stereocenters. The van der Waals surface area contributed by atoms with Gasteiger partial charge in [-0.2, -0.15) is 0 Å². The van der Waals surface area contributed by atoms with E-state index >= 15 is 4.39 Å². The number of aliphatic hydroxyl groups is 1. The number of nitrogens with zero attached hydrogens (tertiary/aromatic N) is 3. The molecule has 2 aromatic rings. The number of alkyl carbamates (subject to hydrolysis) is 1. The average molecular weight is 1340 g/mol. The van der Waals surface area contributed by atoms with Crippen molar-refractivity contribution in [2.24, 2.45) is 23.5 Å². The van der Waals surface area contributed by atoms with Gasteiger partial charge in [-0.25, -0.2) is 23.6 Å². The minimum Gasteiger partial charge on any atom is -0.457 e. The van der Waals surface area contributed by atoms with E-state index in [1.807, 2.05) is 39.8 Å². The van der Waals surface area contributed by atoms with Crippen LogP contribution in [0.3, 0.4) is 0 Å². The van der Waals surface area contributed by atoms with Crippen LogP contribution in [0.25, 0.3) is 0 Å². The second-order valence-corrected chi connectivity index (χ2v) is 25.2. The van der Waals surface area contributed by atoms with Crippen molar-refractivity contribution >= 4 is 93.9 Å². The molecule has 26 nitrogen and oxygen atoms in total. The molecule has 7 N–H and O–H groups in total. The van der Waals surface area contributed by atoms with E-state index in [0.717, 1.165) is 22.1 Å². The van der Waals surface area contributed by atoms with Crippen LogP contribution >= 0.6 is 23.8 Å². The number of fused-ring (bicyclic) bond motifs is 5. The van der Waals surface area contributed by atoms with Crippen molar-refractivity contribution < 1.29 is 90.7 Å². The molecular formula is C64H86ClFN8O18S. The quantitative estimate of drug-likeness (QED) is 0.0227. The van der Waals surface area contributed by atoms with Gasteiger partial charge < -0.3 is 69.8 Å². The second kappa shape index (κ2) is 33.6. The van der Waals surface area contributed by atoms with Crippen LogP contribution in [0, 0.1) is 30.5 Å². The van der Waals surface area contributed by atoms with Crippen molar-refractivity contribution in [1.82, 2.24) is 31.2 Å². The third kappa shape index (κ3) is 20.3. The Morgan fingerprint density at radius 3 is 2.32 bits per heavy atom. The number of likely N-dealkylation sites (N-methyl/N-ethyl adjacent to an activating group) is 1. The van der Waals surface area contributed by atoms with E-state index in [9.17, 15) is 53.1 Å². The molecular weight excluding hydrogens is 1260 g/mol. The van der Waals surface area contributed by atoms with Gasteiger partial charge in [-0.05, 0) is 87.8 Å². The number of benzene rings is 2. The van der Waals surface area contributed by atoms with Gasteiger partial charge in [0.25, 0.3) is 17.7 Å². The van der Waals surface area contributed by atoms with Crippen LogP contribution in [0.2, 0.25) is 5.02 Å². The van der Waals surface area contributed by atoms with Gasteiger partial charge in [-0.3, -0.25) is 34.1 Å². The smallest absolute Gasteiger partial charge is 0.409 e. The predicted molar refractivity (Wildman–Crippen MR) is 339 cm³/mol. The monoisotopic (exact) mass is 1340 g/mol. The van der Waals surface area contributed by atoms with E-state index in [0.29, 0.717) is 32.7 Å². The van der Waals surface area contributed by atoms with E-state index in [1.54, 1.807) is 32.1 Å². The number of epoxide rings is 1. The molecule has 0 aliphatic carbocycles. The fourth-order valence-corrected chi connectivity index (χ4v) is 11.6. The number of urea groups is 1. The number of hydrogen-bond acceptors (Lipinski definition) is 19. The third-order valence-corrected chi connectivity index (χ3v) is 17.7. The molecule has 29 heteroatoms. The first kappa shape index (κ1) is 74.6. The lowest BCUT2D eigenvalue weighted by Crippen LogP contribution is -2.63. The van der Waals surface area contributed by atoms with Gasteiger partial charge in [-0.1, -0.05) is 80.5 Å². The lowest BCUT2D eigenvalue weighted by atomic mass is 9.83. The molecule has 2 aromatic carbocycles. The van der Waals surface area contributed by atoms with Crippen molar-refractivity contribution in [3.05, 3.63) is 87.2 Å². The number of amides is 8. The number of carbonyl (C=O) groups is 10. The number of nitrogens with two attached hydrogens (primary N) is 1. The van der Waals surface area contributed by atoms with E-state index in [1.165, 1.54) is 45.2 Å². The Balaban J connectivity index is 1.09. The highest BCUT2D eigenvalue weighted by Gasteiger charge is 2.64. The first-order valence-electron chi connectivity index (χ1n) is 30.8. The molecule has 510 valence electrons. The molecule has 4 aliphatic heterocycles. The van der Waals surface area contributed by atoms with Gasteiger partial charge in [0.05, 0.1) is 72.7 Å². The number of anilines is 1. The predicted octanol–water partition coefficient (Wildman–Crippen LogP) is 4.92. The molecule has 0 aromatic heterocycles. The summed E-state index contributed by atoms with van der Waals surface area (Å²) in [6, 6.07) is 3.93. The molecule has 3 saturated heterocycles. The highest BCUT2D eigenvalue weighted by Crippen LogP contribution is 2.49. The van der Waals surface area contributed by atoms with Crippen molar-refractivity contribution in [2.45, 2.75) is 160 Å². The number of hydroxylamine groups is 2. The molecule has 3 fully saturated rings. The summed E-state index contributed by atoms with van der Waals surface area (Å²) < 4.78 is 51.0. The number of hydrogen-bond donors (Lipinski definition) is 6. The number of ketones is 1. The SMILES string of the molecule is CO[C@@H]1/C=C/C=C(\C)Cc2cc(C)c(Cl)c(c2)N(C)C(=O)C[C@H](OC(=O)[C@H](C)N(C)C(=O)c2ccc(CC(=O)[C@H](CCCNC(N)=O)NC(=O)[C@@H](CC(=S)NCCOCCOCCC(=O)ON3C(=O)CCC3=O)C(C)C)cc2F)[C@]2(C)O[C@H]2[C@H](C)[C@@H]2C[C@@]1(O)NC(=O)O2. The van der Waals surface area contributed by atoms with E-state index in [2.05, 4.69) is 21.3 Å². The maximum Gasteiger partial charge on any atom is 0.409 e. The lowest BCUT2D eigenvalue weighted by Gasteiger charge is -2.42. The first-order chi connectivity index (χ1) is 43.9. The summed E-state index contributed by atoms with van der Waals surface area (Å²) in [5.74, 6) is -8.03. The van der Waals surface area contributed by atoms with Crippen LogP contribution in [0.5, 0.6) is 0 Å². The summed E-state index contributed by atoms with van der Waals surface area (Å²) >= 11 is 12.4. The van der Waals surface area contributed by atoms with Crippen molar-refractivity contribution in [3.8, 4) is 0 Å². The van der Waals surface area contributed by atoms with Crippen molar-refractivity contribution in [2.75, 3.05) is 65.6 Å². The topological polar surface area (TPSA) is 343 Å². The number of thiocarbonyl (C=S) groups is 1. The summed E-state index contributed by atoms with van der Waals surface area (Å²) in [6.07, 6.45) is -0.244. The number of ether oxygens (including phenoxy) is 6. The lowest BCUT2D eigenvalue weighted by molar-refractivity contribution is -0.198. The van der Waals surface area contributed by atoms with Crippen molar-refractivity contribution in [1.29, 1.82) is 0 Å². The molecule has 93 heavy (non-hydrogen) atoms. The van der Waals surface area contributed by atoms with E-state index in [4.69, 9.17) is 62.8 Å². The molecule has 6 rings (SSSR count). The summed E-state index contributed by atoms with van der Waals surface area (Å²) in [5, 5.41) is 23.5. The molecule has 0 saturated carbocycles. The van der Waals surface area contributed by atoms with Crippen LogP contribution in [-0.2, 0) is 79.7 Å². The normalized spacial score (nSPS) is 24.2. The summed E-state index contributed by atoms with van der Waals surface area (Å²) in [6.45, 7) is 12.9. The third-order valence-electron chi connectivity index (χ3n) is 16.9. The number of esters is 1. The maximum absolute atomic E-state index is 16.2. The Bertz CT molecular complexity index is 3190. The zero-order valence-corrected chi connectivity index (χ0v) is 55.7. The number of imide groups is 1. The van der Waals surface area contributed by atoms with Crippen LogP contribution in [0.1, 0.15) is 120 Å². The Morgan fingerprint density at radius 1 is 0.978 bits per heavy atom. The number of aryl methyl sites for hydroxylation is 1. The van der Waals surface area contributed by atoms with Crippen molar-refractivity contribution in [3.63, 3.8) is 0 Å². The summed E-state index contributed by atoms with van der Waals surface area (Å²) in [5.41, 5.74) is 4.45. The molecule has 4 heterocycles. The number of rotatable bonds is 27. The summed E-state index contributed by atoms with van der Waals surface area (Å²) in [7, 11) is 4.20. The van der Waals surface area contributed by atoms with Gasteiger partial charge in [0.1, 0.15) is 35.8 Å². The largest absolute Gasteiger partial charge is 0.457 e. The minimum absolute atomic E-state index is 0.0142. The summed E-state index contributed by atoms with van der Waals surface area (Å²) in [4.78, 5) is 138. The van der Waals surface area contributed by atoms with Gasteiger partial charge in [0.15, 0.2) is 11.5 Å². The fraction of sp³-hybridized carbons (Fsp3) is 0.578. The average Bonchev–Trinajstić information content (AvgIpc) is 1.58. The van der Waals surface area contributed by atoms with Crippen LogP contribution in [-0.4, -0.2) is 188 Å². The zero-order chi connectivity index (χ0) is 68.6. The highest BCUT2D eigenvalue weighted by atomic mass is 35.5. The molecule has 8 amide bonds. The van der Waals surface area contributed by atoms with Gasteiger partial charge in [0.2, 0.25) is 11.8 Å². The number of methoxy groups -OCH3 is 1. The first-order valence-corrected chi connectivity index (χ1v) is 31.6. The van der Waals surface area contributed by atoms with Gasteiger partial charge in [0, 0.05) is 78.2 Å². The Morgan fingerprint density at radius 2 is 1.67 bits per heavy atom. The van der Waals surface area contributed by atoms with Gasteiger partial charge >= 0.3 is 24.1 Å². The number of primary amides is 1. The number of allylic oxidation sites excluding steroid dienone is 3. The molecule has 0 spiro atoms. The molecule has 4 aliphatic rings. The maximum atomic E-state index is 16.2. The van der Waals surface area contributed by atoms with Gasteiger partial charge in [-0.15, -0.1) is 5.06 Å². The van der Waals surface area contributed by atoms with Crippen LogP contribution < -0.4 is 31.9 Å². The number of halogens is 2. The number of nitrogens with one attached hydrogen (secondary N) is 4. The highest BCUT2D eigenvalue weighted by molar-refractivity contribution is 7.80. The molecule has 0 unspecified atom stereocenters.